The minimum Gasteiger partial charge on any atom is -0.497 e. The minimum atomic E-state index is -0.852. The number of amidine groups is 1. The lowest BCUT2D eigenvalue weighted by Gasteiger charge is -2.31. The summed E-state index contributed by atoms with van der Waals surface area (Å²) < 4.78 is 5.09. The molecule has 4 N–H and O–H groups in total. The third-order valence-corrected chi connectivity index (χ3v) is 3.49. The molecule has 1 aromatic rings. The molecule has 110 valence electrons. The number of benzene rings is 1. The van der Waals surface area contributed by atoms with Crippen LogP contribution in [0.1, 0.15) is 37.0 Å². The first-order valence-corrected chi connectivity index (χ1v) is 6.47. The number of amides is 1. The van der Waals surface area contributed by atoms with Crippen LogP contribution < -0.4 is 15.8 Å². The van der Waals surface area contributed by atoms with Crippen molar-refractivity contribution in [2.75, 3.05) is 7.11 Å². The van der Waals surface area contributed by atoms with Gasteiger partial charge in [-0.25, -0.2) is 0 Å². The highest BCUT2D eigenvalue weighted by Gasteiger charge is 2.33. The van der Waals surface area contributed by atoms with E-state index in [0.29, 0.717) is 24.2 Å². The molecular formula is C14H21N3O3. The van der Waals surface area contributed by atoms with E-state index in [1.807, 2.05) is 13.8 Å². The van der Waals surface area contributed by atoms with Crippen LogP contribution >= 0.6 is 0 Å². The molecule has 0 aromatic heterocycles. The molecule has 0 bridgehead atoms. The van der Waals surface area contributed by atoms with Crippen molar-refractivity contribution < 1.29 is 14.7 Å². The Bertz CT molecular complexity index is 496. The van der Waals surface area contributed by atoms with Crippen molar-refractivity contribution in [3.8, 4) is 5.75 Å². The molecule has 0 fully saturated rings. The number of oxime groups is 1. The second-order valence-electron chi connectivity index (χ2n) is 4.46. The van der Waals surface area contributed by atoms with Crippen LogP contribution in [0.4, 0.5) is 0 Å². The Morgan fingerprint density at radius 3 is 2.60 bits per heavy atom. The van der Waals surface area contributed by atoms with Gasteiger partial charge in [-0.05, 0) is 31.0 Å². The largest absolute Gasteiger partial charge is 0.497 e. The summed E-state index contributed by atoms with van der Waals surface area (Å²) in [4.78, 5) is 12.3. The van der Waals surface area contributed by atoms with Gasteiger partial charge in [0.25, 0.3) is 5.91 Å². The topological polar surface area (TPSA) is 96.9 Å². The highest BCUT2D eigenvalue weighted by Crippen LogP contribution is 2.18. The number of nitrogens with two attached hydrogens (primary N) is 1. The molecule has 0 saturated heterocycles. The number of hydrogen-bond donors (Lipinski definition) is 3. The summed E-state index contributed by atoms with van der Waals surface area (Å²) in [5, 5.41) is 14.8. The molecule has 1 amide bonds. The predicted octanol–water partition coefficient (Wildman–Crippen LogP) is 1.73. The fourth-order valence-electron chi connectivity index (χ4n) is 2.00. The molecule has 20 heavy (non-hydrogen) atoms. The standard InChI is InChI=1S/C14H21N3O3/c1-4-14(5-2,13(15)17-19)16-12(18)10-7-6-8-11(9-10)20-3/h6-9,19H,4-5H2,1-3H3,(H2,15,17)(H,16,18). The summed E-state index contributed by atoms with van der Waals surface area (Å²) in [7, 11) is 1.54. The van der Waals surface area contributed by atoms with Gasteiger partial charge in [0.2, 0.25) is 0 Å². The number of ether oxygens (including phenoxy) is 1. The molecule has 1 rings (SSSR count). The lowest BCUT2D eigenvalue weighted by molar-refractivity contribution is 0.0917. The SMILES string of the molecule is CCC(CC)(NC(=O)c1cccc(OC)c1)/C(N)=N/O. The Morgan fingerprint density at radius 2 is 2.10 bits per heavy atom. The Morgan fingerprint density at radius 1 is 1.45 bits per heavy atom. The van der Waals surface area contributed by atoms with E-state index >= 15 is 0 Å². The van der Waals surface area contributed by atoms with Gasteiger partial charge in [-0.1, -0.05) is 25.1 Å². The molecule has 0 radical (unpaired) electrons. The molecule has 0 aliphatic carbocycles. The smallest absolute Gasteiger partial charge is 0.252 e. The van der Waals surface area contributed by atoms with E-state index in [1.165, 1.54) is 7.11 Å². The zero-order chi connectivity index (χ0) is 15.2. The molecule has 0 heterocycles. The predicted molar refractivity (Wildman–Crippen MR) is 77.2 cm³/mol. The van der Waals surface area contributed by atoms with Crippen LogP contribution in [0.2, 0.25) is 0 Å². The first-order chi connectivity index (χ1) is 9.52. The van der Waals surface area contributed by atoms with Gasteiger partial charge in [-0.15, -0.1) is 0 Å². The van der Waals surface area contributed by atoms with Gasteiger partial charge in [-0.3, -0.25) is 4.79 Å². The van der Waals surface area contributed by atoms with Gasteiger partial charge in [0.1, 0.15) is 11.3 Å². The first kappa shape index (κ1) is 15.8. The van der Waals surface area contributed by atoms with E-state index in [4.69, 9.17) is 15.7 Å². The number of carbonyl (C=O) groups excluding carboxylic acids is 1. The summed E-state index contributed by atoms with van der Waals surface area (Å²) in [5.74, 6) is 0.304. The van der Waals surface area contributed by atoms with Crippen molar-refractivity contribution >= 4 is 11.7 Å². The summed E-state index contributed by atoms with van der Waals surface area (Å²) in [5.41, 5.74) is 5.32. The summed E-state index contributed by atoms with van der Waals surface area (Å²) in [6.45, 7) is 3.74. The van der Waals surface area contributed by atoms with Crippen LogP contribution in [0.5, 0.6) is 5.75 Å². The number of carbonyl (C=O) groups is 1. The Hall–Kier alpha value is -2.24. The van der Waals surface area contributed by atoms with Crippen LogP contribution in [0.15, 0.2) is 29.4 Å². The highest BCUT2D eigenvalue weighted by molar-refractivity contribution is 6.00. The Kier molecular flexibility index (Phi) is 5.37. The number of rotatable bonds is 6. The monoisotopic (exact) mass is 279 g/mol. The van der Waals surface area contributed by atoms with Gasteiger partial charge in [-0.2, -0.15) is 0 Å². The van der Waals surface area contributed by atoms with E-state index in [0.717, 1.165) is 0 Å². The molecule has 0 aliphatic heterocycles. The average molecular weight is 279 g/mol. The average Bonchev–Trinajstić information content (AvgIpc) is 2.51. The lowest BCUT2D eigenvalue weighted by atomic mass is 9.91. The number of methoxy groups -OCH3 is 1. The van der Waals surface area contributed by atoms with E-state index in [-0.39, 0.29) is 11.7 Å². The number of nitrogens with one attached hydrogen (secondary N) is 1. The lowest BCUT2D eigenvalue weighted by Crippen LogP contribution is -2.56. The fourth-order valence-corrected chi connectivity index (χ4v) is 2.00. The van der Waals surface area contributed by atoms with Gasteiger partial charge >= 0.3 is 0 Å². The zero-order valence-electron chi connectivity index (χ0n) is 12.0. The van der Waals surface area contributed by atoms with E-state index < -0.39 is 5.54 Å². The molecule has 0 atom stereocenters. The molecule has 0 unspecified atom stereocenters. The van der Waals surface area contributed by atoms with Crippen molar-refractivity contribution in [2.24, 2.45) is 10.9 Å². The molecular weight excluding hydrogens is 258 g/mol. The fraction of sp³-hybridized carbons (Fsp3) is 0.429. The normalized spacial score (nSPS) is 12.1. The molecule has 0 aliphatic rings. The van der Waals surface area contributed by atoms with Crippen LogP contribution in [-0.4, -0.2) is 29.6 Å². The molecule has 6 nitrogen and oxygen atoms in total. The minimum absolute atomic E-state index is 0.00116. The van der Waals surface area contributed by atoms with Crippen LogP contribution in [0.3, 0.4) is 0 Å². The second-order valence-corrected chi connectivity index (χ2v) is 4.46. The maximum absolute atomic E-state index is 12.3. The number of hydrogen-bond acceptors (Lipinski definition) is 4. The van der Waals surface area contributed by atoms with Crippen LogP contribution in [0, 0.1) is 0 Å². The van der Waals surface area contributed by atoms with Crippen LogP contribution in [-0.2, 0) is 0 Å². The van der Waals surface area contributed by atoms with Crippen molar-refractivity contribution in [2.45, 2.75) is 32.2 Å². The van der Waals surface area contributed by atoms with E-state index in [9.17, 15) is 4.79 Å². The highest BCUT2D eigenvalue weighted by atomic mass is 16.5. The summed E-state index contributed by atoms with van der Waals surface area (Å²) in [6, 6.07) is 6.81. The second kappa shape index (κ2) is 6.79. The third kappa shape index (κ3) is 3.20. The zero-order valence-corrected chi connectivity index (χ0v) is 12.0. The van der Waals surface area contributed by atoms with Crippen molar-refractivity contribution in [1.82, 2.24) is 5.32 Å². The van der Waals surface area contributed by atoms with Crippen molar-refractivity contribution in [3.05, 3.63) is 29.8 Å². The summed E-state index contributed by atoms with van der Waals surface area (Å²) in [6.07, 6.45) is 1.05. The molecule has 0 spiro atoms. The quantitative estimate of drug-likeness (QED) is 0.320. The Labute approximate surface area is 118 Å². The van der Waals surface area contributed by atoms with Gasteiger partial charge in [0.15, 0.2) is 5.84 Å². The van der Waals surface area contributed by atoms with E-state index in [2.05, 4.69) is 10.5 Å². The van der Waals surface area contributed by atoms with Gasteiger partial charge in [0.05, 0.1) is 7.11 Å². The van der Waals surface area contributed by atoms with Crippen molar-refractivity contribution in [1.29, 1.82) is 0 Å². The number of nitrogens with zero attached hydrogens (tertiary/aromatic N) is 1. The maximum Gasteiger partial charge on any atom is 0.252 e. The first-order valence-electron chi connectivity index (χ1n) is 6.47. The third-order valence-electron chi connectivity index (χ3n) is 3.49. The molecule has 0 saturated carbocycles. The van der Waals surface area contributed by atoms with E-state index in [1.54, 1.807) is 24.3 Å². The Balaban J connectivity index is 3.02. The molecule has 1 aromatic carbocycles. The van der Waals surface area contributed by atoms with Gasteiger partial charge in [0, 0.05) is 5.56 Å². The molecule has 6 heteroatoms. The summed E-state index contributed by atoms with van der Waals surface area (Å²) >= 11 is 0. The van der Waals surface area contributed by atoms with Crippen LogP contribution in [0.25, 0.3) is 0 Å². The maximum atomic E-state index is 12.3. The van der Waals surface area contributed by atoms with Crippen molar-refractivity contribution in [3.63, 3.8) is 0 Å². The van der Waals surface area contributed by atoms with Gasteiger partial charge < -0.3 is 21.0 Å².